The lowest BCUT2D eigenvalue weighted by Crippen LogP contribution is -2.26. The van der Waals surface area contributed by atoms with Crippen molar-refractivity contribution >= 4 is 27.7 Å². The standard InChI is InChI=1S/C22H21ClN2O6S/c1-5-30-22(27)21-18(12-20(26)25(24-21)17-9-7-6-8-13(17)2)31-32(28,29)19-11-14(3)16(23)10-15(19)4/h6-12H,5H2,1-4H3. The first-order valence-corrected chi connectivity index (χ1v) is 11.4. The van der Waals surface area contributed by atoms with E-state index in [1.54, 1.807) is 52.0 Å². The van der Waals surface area contributed by atoms with Crippen LogP contribution < -0.4 is 9.74 Å². The molecule has 0 aliphatic carbocycles. The highest BCUT2D eigenvalue weighted by Gasteiger charge is 2.27. The number of aryl methyl sites for hydroxylation is 3. The van der Waals surface area contributed by atoms with Crippen LogP contribution in [0.2, 0.25) is 5.02 Å². The number of esters is 1. The van der Waals surface area contributed by atoms with Gasteiger partial charge in [0.15, 0.2) is 5.75 Å². The van der Waals surface area contributed by atoms with E-state index < -0.39 is 33.1 Å². The van der Waals surface area contributed by atoms with Gasteiger partial charge in [-0.3, -0.25) is 4.79 Å². The molecular weight excluding hydrogens is 456 g/mol. The molecule has 1 aromatic heterocycles. The molecule has 1 heterocycles. The highest BCUT2D eigenvalue weighted by molar-refractivity contribution is 7.87. The van der Waals surface area contributed by atoms with Gasteiger partial charge in [-0.15, -0.1) is 0 Å². The van der Waals surface area contributed by atoms with Crippen molar-refractivity contribution in [2.24, 2.45) is 0 Å². The monoisotopic (exact) mass is 476 g/mol. The molecule has 168 valence electrons. The Balaban J connectivity index is 2.17. The number of benzene rings is 2. The van der Waals surface area contributed by atoms with E-state index in [1.165, 1.54) is 12.1 Å². The minimum Gasteiger partial charge on any atom is -0.461 e. The Kier molecular flexibility index (Phi) is 6.71. The summed E-state index contributed by atoms with van der Waals surface area (Å²) in [5, 5.41) is 4.47. The van der Waals surface area contributed by atoms with E-state index in [0.29, 0.717) is 21.8 Å². The van der Waals surface area contributed by atoms with Crippen LogP contribution in [0.15, 0.2) is 52.2 Å². The normalized spacial score (nSPS) is 11.3. The fourth-order valence-electron chi connectivity index (χ4n) is 3.01. The predicted octanol–water partition coefficient (Wildman–Crippen LogP) is 3.76. The fraction of sp³-hybridized carbons (Fsp3) is 0.227. The lowest BCUT2D eigenvalue weighted by atomic mass is 10.2. The molecule has 8 nitrogen and oxygen atoms in total. The van der Waals surface area contributed by atoms with Gasteiger partial charge >= 0.3 is 16.1 Å². The molecule has 32 heavy (non-hydrogen) atoms. The molecule has 3 aromatic rings. The van der Waals surface area contributed by atoms with Crippen LogP contribution in [0.5, 0.6) is 5.75 Å². The summed E-state index contributed by atoms with van der Waals surface area (Å²) in [4.78, 5) is 25.2. The first-order chi connectivity index (χ1) is 15.0. The van der Waals surface area contributed by atoms with Crippen LogP contribution in [0.3, 0.4) is 0 Å². The maximum absolute atomic E-state index is 13.0. The molecule has 0 aliphatic heterocycles. The summed E-state index contributed by atoms with van der Waals surface area (Å²) in [7, 11) is -4.41. The predicted molar refractivity (Wildman–Crippen MR) is 119 cm³/mol. The first kappa shape index (κ1) is 23.5. The largest absolute Gasteiger partial charge is 0.461 e. The van der Waals surface area contributed by atoms with Crippen molar-refractivity contribution in [3.63, 3.8) is 0 Å². The Morgan fingerprint density at radius 3 is 2.41 bits per heavy atom. The second kappa shape index (κ2) is 9.13. The van der Waals surface area contributed by atoms with Crippen LogP contribution in [0.25, 0.3) is 5.69 Å². The molecule has 0 N–H and O–H groups in total. The molecule has 0 bridgehead atoms. The summed E-state index contributed by atoms with van der Waals surface area (Å²) in [6, 6.07) is 10.7. The third-order valence-electron chi connectivity index (χ3n) is 4.63. The zero-order valence-electron chi connectivity index (χ0n) is 17.9. The number of ether oxygens (including phenoxy) is 1. The van der Waals surface area contributed by atoms with Gasteiger partial charge in [0.1, 0.15) is 4.90 Å². The zero-order chi connectivity index (χ0) is 23.6. The molecule has 0 saturated heterocycles. The van der Waals surface area contributed by atoms with Crippen molar-refractivity contribution in [3.8, 4) is 11.4 Å². The molecule has 3 rings (SSSR count). The molecule has 2 aromatic carbocycles. The van der Waals surface area contributed by atoms with E-state index in [4.69, 9.17) is 20.5 Å². The lowest BCUT2D eigenvalue weighted by molar-refractivity contribution is 0.0515. The highest BCUT2D eigenvalue weighted by atomic mass is 35.5. The molecule has 10 heteroatoms. The number of para-hydroxylation sites is 1. The number of nitrogens with zero attached hydrogens (tertiary/aromatic N) is 2. The highest BCUT2D eigenvalue weighted by Crippen LogP contribution is 2.27. The second-order valence-electron chi connectivity index (χ2n) is 7.02. The Morgan fingerprint density at radius 1 is 1.06 bits per heavy atom. The Morgan fingerprint density at radius 2 is 1.75 bits per heavy atom. The number of hydrogen-bond donors (Lipinski definition) is 0. The minimum atomic E-state index is -4.41. The van der Waals surface area contributed by atoms with Crippen molar-refractivity contribution in [2.75, 3.05) is 6.61 Å². The molecule has 0 fully saturated rings. The van der Waals surface area contributed by atoms with Crippen LogP contribution in [-0.4, -0.2) is 30.8 Å². The van der Waals surface area contributed by atoms with Crippen molar-refractivity contribution in [1.29, 1.82) is 0 Å². The Hall–Kier alpha value is -3.17. The summed E-state index contributed by atoms with van der Waals surface area (Å²) in [5.41, 5.74) is 0.910. The van der Waals surface area contributed by atoms with Gasteiger partial charge in [0, 0.05) is 5.02 Å². The van der Waals surface area contributed by atoms with Crippen LogP contribution in [-0.2, 0) is 14.9 Å². The number of hydrogen-bond acceptors (Lipinski definition) is 7. The molecular formula is C22H21ClN2O6S. The third-order valence-corrected chi connectivity index (χ3v) is 6.42. The smallest absolute Gasteiger partial charge is 0.362 e. The second-order valence-corrected chi connectivity index (χ2v) is 8.94. The molecule has 0 amide bonds. The van der Waals surface area contributed by atoms with E-state index in [1.807, 2.05) is 0 Å². The van der Waals surface area contributed by atoms with Gasteiger partial charge in [0.2, 0.25) is 5.69 Å². The van der Waals surface area contributed by atoms with Gasteiger partial charge in [-0.2, -0.15) is 18.2 Å². The van der Waals surface area contributed by atoms with E-state index in [0.717, 1.165) is 16.3 Å². The number of carbonyl (C=O) groups excluding carboxylic acids is 1. The molecule has 0 aliphatic rings. The average Bonchev–Trinajstić information content (AvgIpc) is 2.71. The quantitative estimate of drug-likeness (QED) is 0.394. The summed E-state index contributed by atoms with van der Waals surface area (Å²) in [5.74, 6) is -1.45. The Labute approximate surface area is 190 Å². The topological polar surface area (TPSA) is 105 Å². The van der Waals surface area contributed by atoms with E-state index >= 15 is 0 Å². The lowest BCUT2D eigenvalue weighted by Gasteiger charge is -2.14. The molecule has 0 atom stereocenters. The third kappa shape index (κ3) is 4.68. The number of aromatic nitrogens is 2. The van der Waals surface area contributed by atoms with Crippen molar-refractivity contribution in [3.05, 3.63) is 80.2 Å². The summed E-state index contributed by atoms with van der Waals surface area (Å²) in [6.45, 7) is 6.59. The summed E-state index contributed by atoms with van der Waals surface area (Å²) >= 11 is 6.06. The minimum absolute atomic E-state index is 0.0195. The van der Waals surface area contributed by atoms with Gasteiger partial charge in [0.25, 0.3) is 5.56 Å². The van der Waals surface area contributed by atoms with Gasteiger partial charge < -0.3 is 8.92 Å². The Bertz CT molecular complexity index is 1370. The molecule has 0 saturated carbocycles. The van der Waals surface area contributed by atoms with Crippen LogP contribution in [0.4, 0.5) is 0 Å². The van der Waals surface area contributed by atoms with Gasteiger partial charge in [-0.1, -0.05) is 29.8 Å². The maximum atomic E-state index is 13.0. The molecule has 0 unspecified atom stereocenters. The zero-order valence-corrected chi connectivity index (χ0v) is 19.5. The van der Waals surface area contributed by atoms with Gasteiger partial charge in [-0.05, 0) is 62.6 Å². The fourth-order valence-corrected chi connectivity index (χ4v) is 4.45. The molecule has 0 spiro atoms. The van der Waals surface area contributed by atoms with Crippen molar-refractivity contribution in [1.82, 2.24) is 9.78 Å². The van der Waals surface area contributed by atoms with E-state index in [9.17, 15) is 18.0 Å². The first-order valence-electron chi connectivity index (χ1n) is 9.64. The summed E-state index contributed by atoms with van der Waals surface area (Å²) < 4.78 is 37.2. The van der Waals surface area contributed by atoms with Crippen LogP contribution in [0.1, 0.15) is 34.1 Å². The number of halogens is 1. The van der Waals surface area contributed by atoms with E-state index in [2.05, 4.69) is 5.10 Å². The average molecular weight is 477 g/mol. The number of carbonyl (C=O) groups is 1. The molecule has 0 radical (unpaired) electrons. The SMILES string of the molecule is CCOC(=O)c1nn(-c2ccccc2C)c(=O)cc1OS(=O)(=O)c1cc(C)c(Cl)cc1C. The van der Waals surface area contributed by atoms with Crippen LogP contribution in [0, 0.1) is 20.8 Å². The van der Waals surface area contributed by atoms with Crippen molar-refractivity contribution < 1.29 is 22.1 Å². The maximum Gasteiger partial charge on any atom is 0.362 e. The summed E-state index contributed by atoms with van der Waals surface area (Å²) in [6.07, 6.45) is 0. The van der Waals surface area contributed by atoms with E-state index in [-0.39, 0.29) is 11.5 Å². The van der Waals surface area contributed by atoms with Crippen molar-refractivity contribution in [2.45, 2.75) is 32.6 Å². The number of rotatable bonds is 6. The van der Waals surface area contributed by atoms with Crippen LogP contribution >= 0.6 is 11.6 Å². The van der Waals surface area contributed by atoms with Gasteiger partial charge in [0.05, 0.1) is 18.4 Å². The van der Waals surface area contributed by atoms with Gasteiger partial charge in [-0.25, -0.2) is 4.79 Å².